The molecule has 4 aliphatic rings. The van der Waals surface area contributed by atoms with E-state index in [0.29, 0.717) is 24.4 Å². The van der Waals surface area contributed by atoms with Gasteiger partial charge in [-0.3, -0.25) is 0 Å². The average molecular weight is 321 g/mol. The van der Waals surface area contributed by atoms with E-state index in [2.05, 4.69) is 20.8 Å². The molecule has 0 amide bonds. The Morgan fingerprint density at radius 1 is 1.00 bits per heavy atom. The molecule has 2 heteroatoms. The van der Waals surface area contributed by atoms with Gasteiger partial charge in [0, 0.05) is 12.0 Å². The molecule has 2 nitrogen and oxygen atoms in total. The minimum absolute atomic E-state index is 0.0905. The van der Waals surface area contributed by atoms with Crippen molar-refractivity contribution in [1.29, 1.82) is 0 Å². The molecule has 132 valence electrons. The molecule has 23 heavy (non-hydrogen) atoms. The Morgan fingerprint density at radius 3 is 2.52 bits per heavy atom. The quantitative estimate of drug-likeness (QED) is 0.758. The van der Waals surface area contributed by atoms with Crippen LogP contribution in [0.1, 0.15) is 72.1 Å². The van der Waals surface area contributed by atoms with Gasteiger partial charge in [-0.15, -0.1) is 0 Å². The minimum atomic E-state index is -0.0905. The largest absolute Gasteiger partial charge is 0.396 e. The molecule has 0 aliphatic heterocycles. The second-order valence-electron chi connectivity index (χ2n) is 9.94. The van der Waals surface area contributed by atoms with Crippen molar-refractivity contribution in [2.24, 2.45) is 46.3 Å². The molecule has 4 aliphatic carbocycles. The zero-order chi connectivity index (χ0) is 16.4. The van der Waals surface area contributed by atoms with Gasteiger partial charge in [-0.1, -0.05) is 33.6 Å². The normalized spacial score (nSPS) is 59.1. The summed E-state index contributed by atoms with van der Waals surface area (Å²) < 4.78 is 0. The Kier molecular flexibility index (Phi) is 3.89. The van der Waals surface area contributed by atoms with Crippen molar-refractivity contribution >= 4 is 0 Å². The third-order valence-electron chi connectivity index (χ3n) is 9.43. The summed E-state index contributed by atoms with van der Waals surface area (Å²) in [6.45, 7) is 7.67. The number of rotatable bonds is 1. The highest BCUT2D eigenvalue weighted by atomic mass is 16.3. The van der Waals surface area contributed by atoms with Crippen LogP contribution in [-0.2, 0) is 0 Å². The van der Waals surface area contributed by atoms with Gasteiger partial charge >= 0.3 is 0 Å². The summed E-state index contributed by atoms with van der Waals surface area (Å²) in [7, 11) is 0. The standard InChI is InChI=1S/C21H36O2/c1-13-11-15-6-4-5-14(2)21(15,12-22)17-9-10-20(3)16(19(13)17)7-8-18(20)23/h13-19,22-23H,4-12H2,1-3H3/t13-,14+,15-,16+,17+,18+,19+,20+,21+/m1/s1. The van der Waals surface area contributed by atoms with E-state index in [1.54, 1.807) is 0 Å². The summed E-state index contributed by atoms with van der Waals surface area (Å²) in [5.41, 5.74) is 0.334. The second kappa shape index (κ2) is 5.46. The first kappa shape index (κ1) is 16.4. The highest BCUT2D eigenvalue weighted by Crippen LogP contribution is 2.68. The number of fused-ring (bicyclic) bond motifs is 5. The van der Waals surface area contributed by atoms with Gasteiger partial charge in [0.1, 0.15) is 0 Å². The zero-order valence-corrected chi connectivity index (χ0v) is 15.3. The van der Waals surface area contributed by atoms with Crippen molar-refractivity contribution in [1.82, 2.24) is 0 Å². The smallest absolute Gasteiger partial charge is 0.0596 e. The summed E-state index contributed by atoms with van der Waals surface area (Å²) in [5.74, 6) is 4.29. The van der Waals surface area contributed by atoms with Gasteiger partial charge in [-0.2, -0.15) is 0 Å². The summed E-state index contributed by atoms with van der Waals surface area (Å²) in [6, 6.07) is 0. The van der Waals surface area contributed by atoms with Gasteiger partial charge < -0.3 is 10.2 Å². The van der Waals surface area contributed by atoms with E-state index in [0.717, 1.165) is 24.2 Å². The second-order valence-corrected chi connectivity index (χ2v) is 9.94. The number of aliphatic hydroxyl groups excluding tert-OH is 2. The molecule has 0 unspecified atom stereocenters. The Bertz CT molecular complexity index is 463. The Labute approximate surface area is 142 Å². The third-order valence-corrected chi connectivity index (χ3v) is 9.43. The Morgan fingerprint density at radius 2 is 1.78 bits per heavy atom. The summed E-state index contributed by atoms with van der Waals surface area (Å²) in [6.07, 6.45) is 9.85. The number of aliphatic hydroxyl groups is 2. The lowest BCUT2D eigenvalue weighted by Crippen LogP contribution is -2.60. The third kappa shape index (κ3) is 2.00. The highest BCUT2D eigenvalue weighted by molar-refractivity contribution is 5.12. The molecule has 9 atom stereocenters. The van der Waals surface area contributed by atoms with Crippen LogP contribution in [0, 0.1) is 46.3 Å². The average Bonchev–Trinajstić information content (AvgIpc) is 2.83. The molecule has 4 saturated carbocycles. The molecule has 0 saturated heterocycles. The molecule has 0 aromatic heterocycles. The molecule has 0 aromatic rings. The van der Waals surface area contributed by atoms with Crippen molar-refractivity contribution in [3.8, 4) is 0 Å². The molecular weight excluding hydrogens is 284 g/mol. The van der Waals surface area contributed by atoms with Gasteiger partial charge in [-0.05, 0) is 79.4 Å². The number of hydrogen-bond donors (Lipinski definition) is 2. The Hall–Kier alpha value is -0.0800. The predicted octanol–water partition coefficient (Wildman–Crippen LogP) is 4.24. The molecule has 0 spiro atoms. The first-order valence-corrected chi connectivity index (χ1v) is 10.2. The van der Waals surface area contributed by atoms with Crippen LogP contribution in [0.2, 0.25) is 0 Å². The lowest BCUT2D eigenvalue weighted by Gasteiger charge is -2.64. The van der Waals surface area contributed by atoms with Gasteiger partial charge in [-0.25, -0.2) is 0 Å². The van der Waals surface area contributed by atoms with Crippen LogP contribution in [0.25, 0.3) is 0 Å². The van der Waals surface area contributed by atoms with E-state index >= 15 is 0 Å². The lowest BCUT2D eigenvalue weighted by molar-refractivity contribution is -0.184. The van der Waals surface area contributed by atoms with Gasteiger partial charge in [0.2, 0.25) is 0 Å². The fraction of sp³-hybridized carbons (Fsp3) is 1.00. The topological polar surface area (TPSA) is 40.5 Å². The first-order valence-electron chi connectivity index (χ1n) is 10.2. The van der Waals surface area contributed by atoms with Crippen LogP contribution in [0.3, 0.4) is 0 Å². The molecule has 0 radical (unpaired) electrons. The van der Waals surface area contributed by atoms with Crippen LogP contribution in [0.15, 0.2) is 0 Å². The molecule has 4 fully saturated rings. The van der Waals surface area contributed by atoms with Crippen molar-refractivity contribution in [3.05, 3.63) is 0 Å². The maximum absolute atomic E-state index is 10.6. The van der Waals surface area contributed by atoms with Crippen molar-refractivity contribution in [2.45, 2.75) is 78.2 Å². The van der Waals surface area contributed by atoms with Gasteiger partial charge in [0.25, 0.3) is 0 Å². The monoisotopic (exact) mass is 320 g/mol. The van der Waals surface area contributed by atoms with E-state index < -0.39 is 0 Å². The van der Waals surface area contributed by atoms with Crippen LogP contribution >= 0.6 is 0 Å². The molecule has 2 N–H and O–H groups in total. The highest BCUT2D eigenvalue weighted by Gasteiger charge is 2.63. The summed E-state index contributed by atoms with van der Waals surface area (Å²) in [4.78, 5) is 0. The predicted molar refractivity (Wildman–Crippen MR) is 92.9 cm³/mol. The van der Waals surface area contributed by atoms with E-state index in [4.69, 9.17) is 0 Å². The fourth-order valence-corrected chi connectivity index (χ4v) is 8.21. The van der Waals surface area contributed by atoms with Crippen LogP contribution in [0.5, 0.6) is 0 Å². The first-order chi connectivity index (χ1) is 10.9. The van der Waals surface area contributed by atoms with Gasteiger partial charge in [0.05, 0.1) is 6.10 Å². The van der Waals surface area contributed by atoms with Crippen LogP contribution in [0.4, 0.5) is 0 Å². The maximum atomic E-state index is 10.6. The van der Waals surface area contributed by atoms with Gasteiger partial charge in [0.15, 0.2) is 0 Å². The SMILES string of the molecule is C[C@@H]1C[C@H]2CCC[C@H](C)[C@]2(CO)[C@H]2CC[C@]3(C)[C@@H](O)CC[C@H]3[C@H]12. The van der Waals surface area contributed by atoms with Crippen LogP contribution < -0.4 is 0 Å². The lowest BCUT2D eigenvalue weighted by atomic mass is 9.41. The van der Waals surface area contributed by atoms with Crippen molar-refractivity contribution in [3.63, 3.8) is 0 Å². The molecule has 0 bridgehead atoms. The Balaban J connectivity index is 1.74. The molecule has 4 rings (SSSR count). The van der Waals surface area contributed by atoms with Crippen LogP contribution in [-0.4, -0.2) is 22.9 Å². The maximum Gasteiger partial charge on any atom is 0.0596 e. The minimum Gasteiger partial charge on any atom is -0.396 e. The van der Waals surface area contributed by atoms with E-state index in [1.165, 1.54) is 44.9 Å². The summed E-state index contributed by atoms with van der Waals surface area (Å²) in [5, 5.41) is 21.2. The number of hydrogen-bond acceptors (Lipinski definition) is 2. The van der Waals surface area contributed by atoms with E-state index in [9.17, 15) is 10.2 Å². The van der Waals surface area contributed by atoms with Crippen molar-refractivity contribution in [2.75, 3.05) is 6.61 Å². The zero-order valence-electron chi connectivity index (χ0n) is 15.3. The molecular formula is C21H36O2. The van der Waals surface area contributed by atoms with E-state index in [1.807, 2.05) is 0 Å². The fourth-order valence-electron chi connectivity index (χ4n) is 8.21. The summed E-state index contributed by atoms with van der Waals surface area (Å²) >= 11 is 0. The molecule has 0 heterocycles. The van der Waals surface area contributed by atoms with Crippen molar-refractivity contribution < 1.29 is 10.2 Å². The van der Waals surface area contributed by atoms with E-state index in [-0.39, 0.29) is 16.9 Å². The molecule has 0 aromatic carbocycles.